The van der Waals surface area contributed by atoms with Gasteiger partial charge in [0.25, 0.3) is 6.47 Å². The number of anilines is 1. The third-order valence-electron chi connectivity index (χ3n) is 5.53. The topological polar surface area (TPSA) is 32.8 Å². The van der Waals surface area contributed by atoms with E-state index >= 15 is 0 Å². The van der Waals surface area contributed by atoms with Crippen LogP contribution in [0.2, 0.25) is 10.0 Å². The maximum atomic E-state index is 14.6. The lowest BCUT2D eigenvalue weighted by molar-refractivity contribution is -0.161. The first-order valence-electron chi connectivity index (χ1n) is 9.20. The Morgan fingerprint density at radius 2 is 1.89 bits per heavy atom. The molecule has 2 aromatic rings. The summed E-state index contributed by atoms with van der Waals surface area (Å²) in [6, 6.07) is 10.9. The van der Waals surface area contributed by atoms with Gasteiger partial charge < -0.3 is 9.64 Å². The molecule has 0 aromatic heterocycles. The molecule has 0 amide bonds. The van der Waals surface area contributed by atoms with Crippen molar-refractivity contribution < 1.29 is 13.9 Å². The highest BCUT2D eigenvalue weighted by atomic mass is 35.5. The minimum Gasteiger partial charge on any atom is -0.459 e. The summed E-state index contributed by atoms with van der Waals surface area (Å²) in [5.41, 5.74) is 2.02. The minimum atomic E-state index is -0.454. The van der Waals surface area contributed by atoms with Crippen LogP contribution < -0.4 is 4.90 Å². The molecule has 2 heterocycles. The summed E-state index contributed by atoms with van der Waals surface area (Å²) in [6.45, 7) is 5.59. The van der Waals surface area contributed by atoms with E-state index < -0.39 is 5.60 Å². The van der Waals surface area contributed by atoms with Crippen LogP contribution in [-0.2, 0) is 16.1 Å². The van der Waals surface area contributed by atoms with Gasteiger partial charge in [-0.25, -0.2) is 4.39 Å². The largest absolute Gasteiger partial charge is 0.459 e. The quantitative estimate of drug-likeness (QED) is 0.642. The van der Waals surface area contributed by atoms with Gasteiger partial charge in [-0.1, -0.05) is 35.3 Å². The zero-order chi connectivity index (χ0) is 19.9. The molecule has 2 aromatic carbocycles. The van der Waals surface area contributed by atoms with Crippen LogP contribution in [0.5, 0.6) is 0 Å². The Bertz CT molecular complexity index is 876. The van der Waals surface area contributed by atoms with E-state index in [1.807, 2.05) is 37.3 Å². The molecule has 0 spiro atoms. The van der Waals surface area contributed by atoms with Gasteiger partial charge >= 0.3 is 0 Å². The van der Waals surface area contributed by atoms with E-state index in [2.05, 4.69) is 9.80 Å². The van der Waals surface area contributed by atoms with Gasteiger partial charge in [-0.15, -0.1) is 0 Å². The summed E-state index contributed by atoms with van der Waals surface area (Å²) in [4.78, 5) is 14.7. The number of hydrogen-bond donors (Lipinski definition) is 0. The third kappa shape index (κ3) is 3.71. The van der Waals surface area contributed by atoms with Crippen molar-refractivity contribution in [2.24, 2.45) is 0 Å². The number of carbonyl (C=O) groups is 1. The fraction of sp³-hybridized carbons (Fsp3) is 0.381. The molecule has 0 N–H and O–H groups in total. The second-order valence-corrected chi connectivity index (χ2v) is 8.64. The number of halogens is 3. The third-order valence-corrected chi connectivity index (χ3v) is 6.19. The zero-order valence-corrected chi connectivity index (χ0v) is 17.0. The Morgan fingerprint density at radius 1 is 1.21 bits per heavy atom. The standard InChI is InChI=1S/C21H21Cl2FN2O2/c1-21(28-13-27)11-25(12-21)8-14-5-6-16(7-19(14)24)26-9-15(10-26)20-17(22)3-2-4-18(20)23/h2-7,13,15H,8-12H2,1H3. The van der Waals surface area contributed by atoms with Crippen molar-refractivity contribution >= 4 is 35.4 Å². The average Bonchev–Trinajstić information content (AvgIpc) is 2.57. The highest BCUT2D eigenvalue weighted by Gasteiger charge is 2.40. The van der Waals surface area contributed by atoms with Crippen molar-refractivity contribution in [1.29, 1.82) is 0 Å². The van der Waals surface area contributed by atoms with E-state index in [9.17, 15) is 9.18 Å². The second-order valence-electron chi connectivity index (χ2n) is 7.82. The van der Waals surface area contributed by atoms with Gasteiger partial charge in [0, 0.05) is 59.9 Å². The molecule has 2 fully saturated rings. The molecular formula is C21H21Cl2FN2O2. The SMILES string of the molecule is CC1(OC=O)CN(Cc2ccc(N3CC(c4c(Cl)cccc4Cl)C3)cc2F)C1. The van der Waals surface area contributed by atoms with Crippen molar-refractivity contribution in [2.45, 2.75) is 25.0 Å². The number of nitrogens with zero attached hydrogens (tertiary/aromatic N) is 2. The molecule has 2 aliphatic rings. The summed E-state index contributed by atoms with van der Waals surface area (Å²) >= 11 is 12.6. The van der Waals surface area contributed by atoms with Gasteiger partial charge in [0.15, 0.2) is 0 Å². The zero-order valence-electron chi connectivity index (χ0n) is 15.5. The Balaban J connectivity index is 1.36. The molecule has 0 aliphatic carbocycles. The molecule has 28 heavy (non-hydrogen) atoms. The Labute approximate surface area is 173 Å². The molecule has 2 saturated heterocycles. The molecule has 0 unspecified atom stereocenters. The van der Waals surface area contributed by atoms with Crippen LogP contribution in [-0.4, -0.2) is 43.2 Å². The molecule has 4 rings (SSSR count). The van der Waals surface area contributed by atoms with Crippen molar-refractivity contribution in [3.63, 3.8) is 0 Å². The minimum absolute atomic E-state index is 0.221. The van der Waals surface area contributed by atoms with Crippen molar-refractivity contribution in [2.75, 3.05) is 31.1 Å². The summed E-state index contributed by atoms with van der Waals surface area (Å²) in [5.74, 6) is 0.0298. The van der Waals surface area contributed by atoms with Gasteiger partial charge in [-0.3, -0.25) is 9.69 Å². The van der Waals surface area contributed by atoms with Crippen LogP contribution in [0, 0.1) is 5.82 Å². The molecule has 0 bridgehead atoms. The van der Waals surface area contributed by atoms with E-state index in [0.29, 0.717) is 41.7 Å². The van der Waals surface area contributed by atoms with Gasteiger partial charge in [0.2, 0.25) is 0 Å². The van der Waals surface area contributed by atoms with Crippen molar-refractivity contribution in [3.05, 3.63) is 63.4 Å². The number of rotatable bonds is 6. The molecule has 7 heteroatoms. The number of carbonyl (C=O) groups excluding carboxylic acids is 1. The maximum absolute atomic E-state index is 14.6. The maximum Gasteiger partial charge on any atom is 0.293 e. The van der Waals surface area contributed by atoms with Crippen molar-refractivity contribution in [1.82, 2.24) is 4.90 Å². The lowest BCUT2D eigenvalue weighted by Crippen LogP contribution is -2.60. The number of likely N-dealkylation sites (tertiary alicyclic amines) is 1. The van der Waals surface area contributed by atoms with Gasteiger partial charge in [-0.2, -0.15) is 0 Å². The van der Waals surface area contributed by atoms with E-state index in [4.69, 9.17) is 27.9 Å². The van der Waals surface area contributed by atoms with Gasteiger partial charge in [-0.05, 0) is 36.8 Å². The van der Waals surface area contributed by atoms with Crippen LogP contribution in [0.1, 0.15) is 24.0 Å². The van der Waals surface area contributed by atoms with Crippen LogP contribution in [0.15, 0.2) is 36.4 Å². The fourth-order valence-corrected chi connectivity index (χ4v) is 4.78. The summed E-state index contributed by atoms with van der Waals surface area (Å²) < 4.78 is 19.7. The number of hydrogen-bond acceptors (Lipinski definition) is 4. The number of ether oxygens (including phenoxy) is 1. The smallest absolute Gasteiger partial charge is 0.293 e. The van der Waals surface area contributed by atoms with Crippen LogP contribution in [0.3, 0.4) is 0 Å². The predicted octanol–water partition coefficient (Wildman–Crippen LogP) is 4.48. The molecule has 148 valence electrons. The first-order valence-corrected chi connectivity index (χ1v) is 9.95. The average molecular weight is 423 g/mol. The lowest BCUT2D eigenvalue weighted by atomic mass is 9.90. The molecule has 4 nitrogen and oxygen atoms in total. The van der Waals surface area contributed by atoms with E-state index in [1.165, 1.54) is 0 Å². The monoisotopic (exact) mass is 422 g/mol. The summed E-state index contributed by atoms with van der Waals surface area (Å²) in [5, 5.41) is 1.36. The van der Waals surface area contributed by atoms with E-state index in [0.717, 1.165) is 24.3 Å². The van der Waals surface area contributed by atoms with Gasteiger partial charge in [0.1, 0.15) is 11.4 Å². The summed E-state index contributed by atoms with van der Waals surface area (Å²) in [7, 11) is 0. The first-order chi connectivity index (χ1) is 13.4. The number of benzene rings is 2. The van der Waals surface area contributed by atoms with E-state index in [-0.39, 0.29) is 11.7 Å². The lowest BCUT2D eigenvalue weighted by Gasteiger charge is -2.46. The molecular weight excluding hydrogens is 402 g/mol. The molecule has 2 aliphatic heterocycles. The fourth-order valence-electron chi connectivity index (χ4n) is 4.08. The van der Waals surface area contributed by atoms with Crippen molar-refractivity contribution in [3.8, 4) is 0 Å². The Kier molecular flexibility index (Phi) is 5.25. The predicted molar refractivity (Wildman–Crippen MR) is 109 cm³/mol. The second kappa shape index (κ2) is 7.54. The van der Waals surface area contributed by atoms with Gasteiger partial charge in [0.05, 0.1) is 0 Å². The van der Waals surface area contributed by atoms with E-state index in [1.54, 1.807) is 6.07 Å². The Hall–Kier alpha value is -1.82. The van der Waals surface area contributed by atoms with Crippen LogP contribution in [0.4, 0.5) is 10.1 Å². The van der Waals surface area contributed by atoms with Crippen LogP contribution >= 0.6 is 23.2 Å². The highest BCUT2D eigenvalue weighted by Crippen LogP contribution is 2.39. The Morgan fingerprint density at radius 3 is 2.50 bits per heavy atom. The highest BCUT2D eigenvalue weighted by molar-refractivity contribution is 6.36. The molecule has 0 radical (unpaired) electrons. The molecule has 0 saturated carbocycles. The summed E-state index contributed by atoms with van der Waals surface area (Å²) in [6.07, 6.45) is 0. The first kappa shape index (κ1) is 19.5. The normalized spacial score (nSPS) is 19.1. The molecule has 0 atom stereocenters. The van der Waals surface area contributed by atoms with Crippen LogP contribution in [0.25, 0.3) is 0 Å².